The van der Waals surface area contributed by atoms with Crippen molar-refractivity contribution in [2.45, 2.75) is 39.7 Å². The SMILES string of the molecule is CC(=O)NCCNC(=O)C1CC(=O)N(C(C)(C)C)C1. The molecule has 6 nitrogen and oxygen atoms in total. The average Bonchev–Trinajstić information content (AvgIpc) is 2.66. The predicted molar refractivity (Wildman–Crippen MR) is 71.3 cm³/mol. The maximum absolute atomic E-state index is 11.9. The fraction of sp³-hybridized carbons (Fsp3) is 0.769. The molecule has 1 aliphatic rings. The standard InChI is InChI=1S/C13H23N3O3/c1-9(17)14-5-6-15-12(19)10-7-11(18)16(8-10)13(2,3)4/h10H,5-8H2,1-4H3,(H,14,17)(H,15,19). The van der Waals surface area contributed by atoms with Gasteiger partial charge in [-0.25, -0.2) is 0 Å². The predicted octanol–water partition coefficient (Wildman–Crippen LogP) is -0.114. The molecule has 1 heterocycles. The molecule has 0 bridgehead atoms. The Morgan fingerprint density at radius 1 is 1.26 bits per heavy atom. The Morgan fingerprint density at radius 3 is 2.32 bits per heavy atom. The number of nitrogens with zero attached hydrogens (tertiary/aromatic N) is 1. The first kappa shape index (κ1) is 15.5. The molecule has 1 fully saturated rings. The van der Waals surface area contributed by atoms with Gasteiger partial charge in [-0.2, -0.15) is 0 Å². The fourth-order valence-corrected chi connectivity index (χ4v) is 2.10. The third kappa shape index (κ3) is 4.54. The minimum absolute atomic E-state index is 0.0227. The van der Waals surface area contributed by atoms with E-state index in [0.717, 1.165) is 0 Å². The summed E-state index contributed by atoms with van der Waals surface area (Å²) in [5, 5.41) is 5.34. The van der Waals surface area contributed by atoms with Gasteiger partial charge in [-0.1, -0.05) is 0 Å². The molecule has 0 aromatic heterocycles. The molecule has 1 aliphatic heterocycles. The van der Waals surface area contributed by atoms with Crippen molar-refractivity contribution in [1.29, 1.82) is 0 Å². The van der Waals surface area contributed by atoms with Gasteiger partial charge >= 0.3 is 0 Å². The first-order chi connectivity index (χ1) is 8.71. The van der Waals surface area contributed by atoms with Gasteiger partial charge in [0.25, 0.3) is 0 Å². The molecule has 0 saturated carbocycles. The Morgan fingerprint density at radius 2 is 1.84 bits per heavy atom. The van der Waals surface area contributed by atoms with Gasteiger partial charge < -0.3 is 15.5 Å². The molecular weight excluding hydrogens is 246 g/mol. The van der Waals surface area contributed by atoms with Crippen LogP contribution in [-0.2, 0) is 14.4 Å². The normalized spacial score (nSPS) is 19.5. The van der Waals surface area contributed by atoms with Gasteiger partial charge in [-0.3, -0.25) is 14.4 Å². The second kappa shape index (κ2) is 6.04. The van der Waals surface area contributed by atoms with Gasteiger partial charge in [0.2, 0.25) is 17.7 Å². The van der Waals surface area contributed by atoms with Crippen LogP contribution in [0.1, 0.15) is 34.1 Å². The van der Waals surface area contributed by atoms with E-state index in [4.69, 9.17) is 0 Å². The molecule has 108 valence electrons. The molecule has 3 amide bonds. The van der Waals surface area contributed by atoms with Crippen LogP contribution in [0.5, 0.6) is 0 Å². The lowest BCUT2D eigenvalue weighted by molar-refractivity contribution is -0.132. The maximum atomic E-state index is 11.9. The zero-order valence-electron chi connectivity index (χ0n) is 12.1. The fourth-order valence-electron chi connectivity index (χ4n) is 2.10. The molecule has 0 aromatic rings. The molecule has 1 unspecified atom stereocenters. The van der Waals surface area contributed by atoms with E-state index in [0.29, 0.717) is 19.6 Å². The van der Waals surface area contributed by atoms with Gasteiger partial charge in [0.05, 0.1) is 5.92 Å². The maximum Gasteiger partial charge on any atom is 0.225 e. The van der Waals surface area contributed by atoms with Crippen LogP contribution < -0.4 is 10.6 Å². The molecule has 0 aliphatic carbocycles. The van der Waals surface area contributed by atoms with E-state index in [-0.39, 0.29) is 35.6 Å². The Hall–Kier alpha value is -1.59. The molecule has 19 heavy (non-hydrogen) atoms. The van der Waals surface area contributed by atoms with Gasteiger partial charge in [0, 0.05) is 38.5 Å². The molecule has 0 aromatic carbocycles. The highest BCUT2D eigenvalue weighted by Crippen LogP contribution is 2.25. The Balaban J connectivity index is 2.39. The summed E-state index contributed by atoms with van der Waals surface area (Å²) in [5.41, 5.74) is -0.248. The first-order valence-corrected chi connectivity index (χ1v) is 6.54. The molecule has 0 spiro atoms. The van der Waals surface area contributed by atoms with Crippen molar-refractivity contribution in [2.75, 3.05) is 19.6 Å². The molecule has 2 N–H and O–H groups in total. The van der Waals surface area contributed by atoms with Crippen molar-refractivity contribution in [3.63, 3.8) is 0 Å². The lowest BCUT2D eigenvalue weighted by Gasteiger charge is -2.31. The highest BCUT2D eigenvalue weighted by Gasteiger charge is 2.39. The lowest BCUT2D eigenvalue weighted by Crippen LogP contribution is -2.43. The first-order valence-electron chi connectivity index (χ1n) is 6.54. The van der Waals surface area contributed by atoms with Crippen LogP contribution in [-0.4, -0.2) is 47.8 Å². The van der Waals surface area contributed by atoms with Gasteiger partial charge in [-0.15, -0.1) is 0 Å². The molecular formula is C13H23N3O3. The molecule has 6 heteroatoms. The van der Waals surface area contributed by atoms with E-state index in [1.165, 1.54) is 6.92 Å². The summed E-state index contributed by atoms with van der Waals surface area (Å²) in [6, 6.07) is 0. The largest absolute Gasteiger partial charge is 0.355 e. The van der Waals surface area contributed by atoms with Crippen molar-refractivity contribution in [3.05, 3.63) is 0 Å². The van der Waals surface area contributed by atoms with Gasteiger partial charge in [-0.05, 0) is 20.8 Å². The minimum Gasteiger partial charge on any atom is -0.355 e. The molecule has 1 atom stereocenters. The quantitative estimate of drug-likeness (QED) is 0.699. The number of likely N-dealkylation sites (tertiary alicyclic amines) is 1. The third-order valence-electron chi connectivity index (χ3n) is 3.10. The van der Waals surface area contributed by atoms with Crippen LogP contribution >= 0.6 is 0 Å². The van der Waals surface area contributed by atoms with E-state index in [1.54, 1.807) is 4.90 Å². The van der Waals surface area contributed by atoms with Crippen molar-refractivity contribution in [1.82, 2.24) is 15.5 Å². The lowest BCUT2D eigenvalue weighted by atomic mass is 10.1. The summed E-state index contributed by atoms with van der Waals surface area (Å²) < 4.78 is 0. The van der Waals surface area contributed by atoms with Crippen molar-refractivity contribution >= 4 is 17.7 Å². The Kier molecular flexibility index (Phi) is 4.91. The average molecular weight is 269 g/mol. The number of carbonyl (C=O) groups excluding carboxylic acids is 3. The van der Waals surface area contributed by atoms with E-state index < -0.39 is 0 Å². The highest BCUT2D eigenvalue weighted by molar-refractivity contribution is 5.89. The zero-order chi connectivity index (χ0) is 14.6. The number of carbonyl (C=O) groups is 3. The summed E-state index contributed by atoms with van der Waals surface area (Å²) in [6.07, 6.45) is 0.267. The van der Waals surface area contributed by atoms with Crippen molar-refractivity contribution in [3.8, 4) is 0 Å². The number of hydrogen-bond acceptors (Lipinski definition) is 3. The van der Waals surface area contributed by atoms with Crippen LogP contribution in [0.15, 0.2) is 0 Å². The van der Waals surface area contributed by atoms with E-state index in [2.05, 4.69) is 10.6 Å². The van der Waals surface area contributed by atoms with E-state index in [1.807, 2.05) is 20.8 Å². The number of amides is 3. The smallest absolute Gasteiger partial charge is 0.225 e. The van der Waals surface area contributed by atoms with Gasteiger partial charge in [0.1, 0.15) is 0 Å². The Bertz CT molecular complexity index is 374. The number of rotatable bonds is 4. The van der Waals surface area contributed by atoms with Crippen molar-refractivity contribution in [2.24, 2.45) is 5.92 Å². The summed E-state index contributed by atoms with van der Waals surface area (Å²) in [5.74, 6) is -0.506. The van der Waals surface area contributed by atoms with Crippen LogP contribution in [0.25, 0.3) is 0 Å². The Labute approximate surface area is 113 Å². The van der Waals surface area contributed by atoms with Crippen LogP contribution in [0, 0.1) is 5.92 Å². The monoisotopic (exact) mass is 269 g/mol. The van der Waals surface area contributed by atoms with Crippen LogP contribution in [0.3, 0.4) is 0 Å². The zero-order valence-corrected chi connectivity index (χ0v) is 12.1. The van der Waals surface area contributed by atoms with Crippen LogP contribution in [0.4, 0.5) is 0 Å². The van der Waals surface area contributed by atoms with Crippen molar-refractivity contribution < 1.29 is 14.4 Å². The van der Waals surface area contributed by atoms with Crippen LogP contribution in [0.2, 0.25) is 0 Å². The van der Waals surface area contributed by atoms with Gasteiger partial charge in [0.15, 0.2) is 0 Å². The molecule has 0 radical (unpaired) electrons. The van der Waals surface area contributed by atoms with E-state index in [9.17, 15) is 14.4 Å². The van der Waals surface area contributed by atoms with E-state index >= 15 is 0 Å². The second-order valence-corrected chi connectivity index (χ2v) is 5.85. The second-order valence-electron chi connectivity index (χ2n) is 5.85. The molecule has 1 saturated heterocycles. The number of hydrogen-bond donors (Lipinski definition) is 2. The summed E-state index contributed by atoms with van der Waals surface area (Å²) in [6.45, 7) is 8.57. The number of nitrogens with one attached hydrogen (secondary N) is 2. The minimum atomic E-state index is -0.288. The third-order valence-corrected chi connectivity index (χ3v) is 3.10. The topological polar surface area (TPSA) is 78.5 Å². The summed E-state index contributed by atoms with van der Waals surface area (Å²) in [4.78, 5) is 36.2. The highest BCUT2D eigenvalue weighted by atomic mass is 16.2. The molecule has 1 rings (SSSR count). The summed E-state index contributed by atoms with van der Waals surface area (Å²) in [7, 11) is 0. The summed E-state index contributed by atoms with van der Waals surface area (Å²) >= 11 is 0.